The van der Waals surface area contributed by atoms with Crippen LogP contribution in [0.3, 0.4) is 0 Å². The third-order valence-corrected chi connectivity index (χ3v) is 3.31. The van der Waals surface area contributed by atoms with Gasteiger partial charge < -0.3 is 20.3 Å². The van der Waals surface area contributed by atoms with E-state index in [0.29, 0.717) is 19.1 Å². The zero-order valence-corrected chi connectivity index (χ0v) is 9.70. The smallest absolute Gasteiger partial charge is 0.0704 e. The van der Waals surface area contributed by atoms with Gasteiger partial charge in [-0.2, -0.15) is 0 Å². The van der Waals surface area contributed by atoms with Crippen LogP contribution in [0.15, 0.2) is 0 Å². The second kappa shape index (κ2) is 5.80. The molecule has 0 aliphatic carbocycles. The molecule has 1 rings (SSSR count). The Kier molecular flexibility index (Phi) is 4.99. The summed E-state index contributed by atoms with van der Waals surface area (Å²) in [5, 5.41) is 21.7. The molecule has 4 nitrogen and oxygen atoms in total. The summed E-state index contributed by atoms with van der Waals surface area (Å²) in [5.74, 6) is 0. The summed E-state index contributed by atoms with van der Waals surface area (Å²) in [6.45, 7) is 4.66. The van der Waals surface area contributed by atoms with E-state index in [1.807, 2.05) is 6.92 Å². The molecule has 1 saturated heterocycles. The molecule has 15 heavy (non-hydrogen) atoms. The SMILES string of the molecule is CCC(CO)(CO)NCC1CCC(C)O1. The van der Waals surface area contributed by atoms with Crippen molar-refractivity contribution in [1.82, 2.24) is 5.32 Å². The van der Waals surface area contributed by atoms with Gasteiger partial charge in [-0.15, -0.1) is 0 Å². The molecule has 0 aromatic rings. The minimum absolute atomic E-state index is 0.0394. The highest BCUT2D eigenvalue weighted by Crippen LogP contribution is 2.19. The van der Waals surface area contributed by atoms with Crippen LogP contribution in [0, 0.1) is 0 Å². The standard InChI is InChI=1S/C11H23NO3/c1-3-11(7-13,8-14)12-6-10-5-4-9(2)15-10/h9-10,12-14H,3-8H2,1-2H3. The Morgan fingerprint density at radius 2 is 2.00 bits per heavy atom. The fraction of sp³-hybridized carbons (Fsp3) is 1.00. The molecular formula is C11H23NO3. The fourth-order valence-corrected chi connectivity index (χ4v) is 1.88. The zero-order valence-electron chi connectivity index (χ0n) is 9.70. The van der Waals surface area contributed by atoms with Crippen molar-refractivity contribution >= 4 is 0 Å². The summed E-state index contributed by atoms with van der Waals surface area (Å²) in [6, 6.07) is 0. The average Bonchev–Trinajstić information content (AvgIpc) is 2.67. The highest BCUT2D eigenvalue weighted by Gasteiger charge is 2.29. The Morgan fingerprint density at radius 1 is 1.33 bits per heavy atom. The van der Waals surface area contributed by atoms with Crippen LogP contribution in [0.5, 0.6) is 0 Å². The quantitative estimate of drug-likeness (QED) is 0.598. The number of ether oxygens (including phenoxy) is 1. The lowest BCUT2D eigenvalue weighted by molar-refractivity contribution is 0.0341. The number of hydrogen-bond acceptors (Lipinski definition) is 4. The molecule has 2 atom stereocenters. The molecule has 0 bridgehead atoms. The van der Waals surface area contributed by atoms with Gasteiger partial charge in [-0.05, 0) is 26.2 Å². The zero-order chi connectivity index (χ0) is 11.3. The van der Waals surface area contributed by atoms with Gasteiger partial charge in [0, 0.05) is 6.54 Å². The van der Waals surface area contributed by atoms with Crippen LogP contribution in [0.25, 0.3) is 0 Å². The van der Waals surface area contributed by atoms with E-state index in [1.54, 1.807) is 0 Å². The van der Waals surface area contributed by atoms with Gasteiger partial charge in [-0.3, -0.25) is 0 Å². The van der Waals surface area contributed by atoms with Gasteiger partial charge in [0.1, 0.15) is 0 Å². The molecule has 4 heteroatoms. The van der Waals surface area contributed by atoms with Gasteiger partial charge in [-0.25, -0.2) is 0 Å². The van der Waals surface area contributed by atoms with E-state index in [9.17, 15) is 10.2 Å². The van der Waals surface area contributed by atoms with Gasteiger partial charge in [-0.1, -0.05) is 6.92 Å². The first-order valence-corrected chi connectivity index (χ1v) is 5.78. The van der Waals surface area contributed by atoms with Crippen molar-refractivity contribution in [2.45, 2.75) is 50.9 Å². The molecule has 2 unspecified atom stereocenters. The molecule has 1 heterocycles. The van der Waals surface area contributed by atoms with Gasteiger partial charge in [0.15, 0.2) is 0 Å². The lowest BCUT2D eigenvalue weighted by atomic mass is 9.98. The van der Waals surface area contributed by atoms with E-state index in [4.69, 9.17) is 4.74 Å². The molecule has 0 aromatic heterocycles. The maximum atomic E-state index is 9.24. The van der Waals surface area contributed by atoms with Crippen molar-refractivity contribution in [3.05, 3.63) is 0 Å². The maximum Gasteiger partial charge on any atom is 0.0704 e. The summed E-state index contributed by atoms with van der Waals surface area (Å²) in [7, 11) is 0. The average molecular weight is 217 g/mol. The summed E-state index contributed by atoms with van der Waals surface area (Å²) >= 11 is 0. The second-order valence-corrected chi connectivity index (χ2v) is 4.48. The summed E-state index contributed by atoms with van der Waals surface area (Å²) in [5.41, 5.74) is -0.546. The molecule has 1 fully saturated rings. The van der Waals surface area contributed by atoms with E-state index < -0.39 is 5.54 Å². The molecule has 0 radical (unpaired) electrons. The molecule has 3 N–H and O–H groups in total. The van der Waals surface area contributed by atoms with Crippen molar-refractivity contribution in [2.24, 2.45) is 0 Å². The first kappa shape index (κ1) is 12.9. The maximum absolute atomic E-state index is 9.24. The van der Waals surface area contributed by atoms with Crippen LogP contribution in [-0.4, -0.2) is 47.7 Å². The normalized spacial score (nSPS) is 27.2. The Morgan fingerprint density at radius 3 is 2.40 bits per heavy atom. The number of aliphatic hydroxyl groups is 2. The van der Waals surface area contributed by atoms with Crippen LogP contribution in [0.4, 0.5) is 0 Å². The van der Waals surface area contributed by atoms with E-state index in [-0.39, 0.29) is 19.3 Å². The summed E-state index contributed by atoms with van der Waals surface area (Å²) < 4.78 is 5.66. The van der Waals surface area contributed by atoms with Crippen LogP contribution in [0.2, 0.25) is 0 Å². The molecule has 90 valence electrons. The predicted molar refractivity (Wildman–Crippen MR) is 58.8 cm³/mol. The Hall–Kier alpha value is -0.160. The van der Waals surface area contributed by atoms with Crippen molar-refractivity contribution in [3.63, 3.8) is 0 Å². The molecule has 0 amide bonds. The third-order valence-electron chi connectivity index (χ3n) is 3.31. The first-order valence-electron chi connectivity index (χ1n) is 5.78. The van der Waals surface area contributed by atoms with Gasteiger partial charge in [0.05, 0.1) is 31.0 Å². The van der Waals surface area contributed by atoms with Crippen molar-refractivity contribution < 1.29 is 14.9 Å². The number of hydrogen-bond donors (Lipinski definition) is 3. The molecule has 1 aliphatic heterocycles. The van der Waals surface area contributed by atoms with Crippen molar-refractivity contribution in [1.29, 1.82) is 0 Å². The van der Waals surface area contributed by atoms with Gasteiger partial charge in [0.2, 0.25) is 0 Å². The van der Waals surface area contributed by atoms with E-state index >= 15 is 0 Å². The number of nitrogens with one attached hydrogen (secondary N) is 1. The molecular weight excluding hydrogens is 194 g/mol. The van der Waals surface area contributed by atoms with E-state index in [0.717, 1.165) is 12.8 Å². The Labute approximate surface area is 91.6 Å². The topological polar surface area (TPSA) is 61.7 Å². The Bertz CT molecular complexity index is 174. The first-order chi connectivity index (χ1) is 7.15. The predicted octanol–water partition coefficient (Wildman–Crippen LogP) is 0.277. The van der Waals surface area contributed by atoms with Crippen molar-refractivity contribution in [3.8, 4) is 0 Å². The van der Waals surface area contributed by atoms with Crippen LogP contribution < -0.4 is 5.32 Å². The number of rotatable bonds is 6. The molecule has 0 aromatic carbocycles. The van der Waals surface area contributed by atoms with E-state index in [1.165, 1.54) is 0 Å². The fourth-order valence-electron chi connectivity index (χ4n) is 1.88. The van der Waals surface area contributed by atoms with E-state index in [2.05, 4.69) is 12.2 Å². The van der Waals surface area contributed by atoms with Gasteiger partial charge in [0.25, 0.3) is 0 Å². The largest absolute Gasteiger partial charge is 0.394 e. The van der Waals surface area contributed by atoms with Crippen molar-refractivity contribution in [2.75, 3.05) is 19.8 Å². The summed E-state index contributed by atoms with van der Waals surface area (Å²) in [4.78, 5) is 0. The summed E-state index contributed by atoms with van der Waals surface area (Å²) in [6.07, 6.45) is 3.44. The highest BCUT2D eigenvalue weighted by atomic mass is 16.5. The van der Waals surface area contributed by atoms with Gasteiger partial charge >= 0.3 is 0 Å². The third kappa shape index (κ3) is 3.41. The molecule has 1 aliphatic rings. The van der Waals surface area contributed by atoms with Crippen LogP contribution >= 0.6 is 0 Å². The Balaban J connectivity index is 2.33. The lowest BCUT2D eigenvalue weighted by Gasteiger charge is -2.31. The highest BCUT2D eigenvalue weighted by molar-refractivity contribution is 4.87. The number of aliphatic hydroxyl groups excluding tert-OH is 2. The van der Waals surface area contributed by atoms with Crippen LogP contribution in [-0.2, 0) is 4.74 Å². The second-order valence-electron chi connectivity index (χ2n) is 4.48. The minimum Gasteiger partial charge on any atom is -0.394 e. The lowest BCUT2D eigenvalue weighted by Crippen LogP contribution is -2.53. The molecule has 0 spiro atoms. The monoisotopic (exact) mass is 217 g/mol. The van der Waals surface area contributed by atoms with Crippen LogP contribution in [0.1, 0.15) is 33.1 Å². The minimum atomic E-state index is -0.546. The molecule has 0 saturated carbocycles.